The van der Waals surface area contributed by atoms with Gasteiger partial charge in [-0.2, -0.15) is 0 Å². The molecule has 9 heteroatoms. The summed E-state index contributed by atoms with van der Waals surface area (Å²) in [5, 5.41) is 2.19. The lowest BCUT2D eigenvalue weighted by atomic mass is 10.0. The minimum absolute atomic E-state index is 0.0485. The molecule has 0 aliphatic carbocycles. The van der Waals surface area contributed by atoms with Gasteiger partial charge in [-0.05, 0) is 19.5 Å². The normalized spacial score (nSPS) is 23.7. The second kappa shape index (κ2) is 6.56. The third-order valence-corrected chi connectivity index (χ3v) is 5.52. The Morgan fingerprint density at radius 2 is 1.81 bits per heavy atom. The Hall–Kier alpha value is -2.55. The second-order valence-corrected chi connectivity index (χ2v) is 7.24. The first kappa shape index (κ1) is 17.8. The number of piperazine rings is 1. The Morgan fingerprint density at radius 1 is 1.11 bits per heavy atom. The smallest absolute Gasteiger partial charge is 0.255 e. The monoisotopic (exact) mass is 378 g/mol. The minimum Gasteiger partial charge on any atom is -0.364 e. The fourth-order valence-corrected chi connectivity index (χ4v) is 3.94. The maximum atomic E-state index is 15.2. The van der Waals surface area contributed by atoms with Crippen molar-refractivity contribution in [3.8, 4) is 0 Å². The maximum Gasteiger partial charge on any atom is 0.255 e. The first-order valence-electron chi connectivity index (χ1n) is 8.96. The number of benzene rings is 1. The lowest BCUT2D eigenvalue weighted by Crippen LogP contribution is -2.52. The molecule has 3 aliphatic heterocycles. The quantitative estimate of drug-likeness (QED) is 0.758. The molecular formula is C18H20F2N4O3. The minimum atomic E-state index is -0.850. The molecule has 0 radical (unpaired) electrons. The second-order valence-electron chi connectivity index (χ2n) is 7.24. The molecule has 3 heterocycles. The number of piperidine rings is 1. The van der Waals surface area contributed by atoms with Crippen molar-refractivity contribution in [2.45, 2.75) is 25.4 Å². The van der Waals surface area contributed by atoms with Gasteiger partial charge >= 0.3 is 0 Å². The van der Waals surface area contributed by atoms with Gasteiger partial charge in [0.15, 0.2) is 5.82 Å². The van der Waals surface area contributed by atoms with Gasteiger partial charge in [0, 0.05) is 38.2 Å². The Morgan fingerprint density at radius 3 is 2.48 bits per heavy atom. The van der Waals surface area contributed by atoms with Crippen molar-refractivity contribution in [3.05, 3.63) is 28.8 Å². The standard InChI is InChI=1S/C18H20F2N4O3/c1-22-4-6-23(7-5-22)16-12(19)8-10-11(15(16)20)9-24(18(10)27)13-2-3-14(25)21-17(13)26/h8,13H,2-7,9H2,1H3,(H,21,25,26). The Kier molecular flexibility index (Phi) is 4.33. The van der Waals surface area contributed by atoms with Crippen LogP contribution in [-0.2, 0) is 16.1 Å². The van der Waals surface area contributed by atoms with Gasteiger partial charge in [0.25, 0.3) is 5.91 Å². The summed E-state index contributed by atoms with van der Waals surface area (Å²) in [7, 11) is 1.95. The number of amides is 3. The molecule has 3 amide bonds. The predicted octanol–water partition coefficient (Wildman–Crippen LogP) is 0.478. The van der Waals surface area contributed by atoms with Gasteiger partial charge in [0.2, 0.25) is 11.8 Å². The summed E-state index contributed by atoms with van der Waals surface area (Å²) >= 11 is 0. The Bertz CT molecular complexity index is 836. The number of hydrogen-bond donors (Lipinski definition) is 1. The van der Waals surface area contributed by atoms with Gasteiger partial charge in [-0.1, -0.05) is 0 Å². The summed E-state index contributed by atoms with van der Waals surface area (Å²) in [5.74, 6) is -3.06. The van der Waals surface area contributed by atoms with Gasteiger partial charge in [-0.3, -0.25) is 19.7 Å². The van der Waals surface area contributed by atoms with Gasteiger partial charge in [0.1, 0.15) is 17.5 Å². The van der Waals surface area contributed by atoms with Crippen LogP contribution in [0.2, 0.25) is 0 Å². The van der Waals surface area contributed by atoms with Gasteiger partial charge in [0.05, 0.1) is 12.1 Å². The van der Waals surface area contributed by atoms with E-state index < -0.39 is 35.4 Å². The average Bonchev–Trinajstić information content (AvgIpc) is 2.94. The fourth-order valence-electron chi connectivity index (χ4n) is 3.94. The average molecular weight is 378 g/mol. The molecule has 1 aromatic carbocycles. The summed E-state index contributed by atoms with van der Waals surface area (Å²) < 4.78 is 29.8. The number of carbonyl (C=O) groups is 3. The van der Waals surface area contributed by atoms with Gasteiger partial charge in [-0.15, -0.1) is 0 Å². The summed E-state index contributed by atoms with van der Waals surface area (Å²) in [6.07, 6.45) is 0.291. The first-order chi connectivity index (χ1) is 12.9. The van der Waals surface area contributed by atoms with E-state index >= 15 is 4.39 Å². The molecule has 0 saturated carbocycles. The SMILES string of the molecule is CN1CCN(c2c(F)cc3c(c2F)CN(C2CCC(=O)NC2=O)C3=O)CC1. The van der Waals surface area contributed by atoms with Crippen molar-refractivity contribution in [2.24, 2.45) is 0 Å². The zero-order chi connectivity index (χ0) is 19.3. The molecule has 0 bridgehead atoms. The van der Waals surface area contributed by atoms with Crippen molar-refractivity contribution in [3.63, 3.8) is 0 Å². The van der Waals surface area contributed by atoms with Crippen LogP contribution in [0.1, 0.15) is 28.8 Å². The number of likely N-dealkylation sites (N-methyl/N-ethyl adjacent to an activating group) is 1. The molecule has 7 nitrogen and oxygen atoms in total. The van der Waals surface area contributed by atoms with Crippen molar-refractivity contribution >= 4 is 23.4 Å². The van der Waals surface area contributed by atoms with Crippen LogP contribution in [0.4, 0.5) is 14.5 Å². The number of anilines is 1. The molecule has 0 spiro atoms. The van der Waals surface area contributed by atoms with E-state index in [9.17, 15) is 18.8 Å². The number of fused-ring (bicyclic) bond motifs is 1. The molecule has 0 aromatic heterocycles. The Balaban J connectivity index is 1.64. The van der Waals surface area contributed by atoms with E-state index in [1.165, 1.54) is 4.90 Å². The molecule has 3 aliphatic rings. The van der Waals surface area contributed by atoms with E-state index in [2.05, 4.69) is 10.2 Å². The highest BCUT2D eigenvalue weighted by Gasteiger charge is 2.41. The number of rotatable bonds is 2. The summed E-state index contributed by atoms with van der Waals surface area (Å²) in [4.78, 5) is 41.0. The van der Waals surface area contributed by atoms with E-state index in [4.69, 9.17) is 0 Å². The van der Waals surface area contributed by atoms with Crippen LogP contribution in [0.5, 0.6) is 0 Å². The van der Waals surface area contributed by atoms with E-state index in [1.807, 2.05) is 7.05 Å². The van der Waals surface area contributed by atoms with Crippen molar-refractivity contribution in [2.75, 3.05) is 38.1 Å². The zero-order valence-electron chi connectivity index (χ0n) is 14.9. The van der Waals surface area contributed by atoms with Crippen LogP contribution < -0.4 is 10.2 Å². The molecule has 1 atom stereocenters. The molecule has 2 saturated heterocycles. The highest BCUT2D eigenvalue weighted by molar-refractivity contribution is 6.05. The molecular weight excluding hydrogens is 358 g/mol. The van der Waals surface area contributed by atoms with Crippen LogP contribution >= 0.6 is 0 Å². The fraction of sp³-hybridized carbons (Fsp3) is 0.500. The number of nitrogens with one attached hydrogen (secondary N) is 1. The number of imide groups is 1. The van der Waals surface area contributed by atoms with E-state index in [-0.39, 0.29) is 36.2 Å². The van der Waals surface area contributed by atoms with Crippen LogP contribution in [0, 0.1) is 11.6 Å². The van der Waals surface area contributed by atoms with Crippen molar-refractivity contribution < 1.29 is 23.2 Å². The summed E-state index contributed by atoms with van der Waals surface area (Å²) in [5.41, 5.74) is -0.0487. The lowest BCUT2D eigenvalue weighted by molar-refractivity contribution is -0.136. The number of halogens is 2. The Labute approximate surface area is 154 Å². The van der Waals surface area contributed by atoms with Crippen LogP contribution in [0.25, 0.3) is 0 Å². The third-order valence-electron chi connectivity index (χ3n) is 5.52. The molecule has 27 heavy (non-hydrogen) atoms. The van der Waals surface area contributed by atoms with Crippen molar-refractivity contribution in [1.82, 2.24) is 15.1 Å². The van der Waals surface area contributed by atoms with E-state index in [0.29, 0.717) is 26.2 Å². The third kappa shape index (κ3) is 2.95. The molecule has 144 valence electrons. The molecule has 1 unspecified atom stereocenters. The van der Waals surface area contributed by atoms with E-state index in [0.717, 1.165) is 6.07 Å². The predicted molar refractivity (Wildman–Crippen MR) is 92.1 cm³/mol. The van der Waals surface area contributed by atoms with Crippen LogP contribution in [-0.4, -0.2) is 66.8 Å². The molecule has 1 N–H and O–H groups in total. The lowest BCUT2D eigenvalue weighted by Gasteiger charge is -2.34. The summed E-state index contributed by atoms with van der Waals surface area (Å²) in [6, 6.07) is 0.220. The van der Waals surface area contributed by atoms with Crippen LogP contribution in [0.15, 0.2) is 6.07 Å². The van der Waals surface area contributed by atoms with Crippen LogP contribution in [0.3, 0.4) is 0 Å². The largest absolute Gasteiger partial charge is 0.364 e. The highest BCUT2D eigenvalue weighted by Crippen LogP contribution is 2.36. The highest BCUT2D eigenvalue weighted by atomic mass is 19.1. The number of carbonyl (C=O) groups excluding carboxylic acids is 3. The molecule has 1 aromatic rings. The van der Waals surface area contributed by atoms with Gasteiger partial charge < -0.3 is 14.7 Å². The molecule has 4 rings (SSSR count). The van der Waals surface area contributed by atoms with Gasteiger partial charge in [-0.25, -0.2) is 8.78 Å². The number of hydrogen-bond acceptors (Lipinski definition) is 5. The first-order valence-corrected chi connectivity index (χ1v) is 8.96. The zero-order valence-corrected chi connectivity index (χ0v) is 14.9. The topological polar surface area (TPSA) is 73.0 Å². The summed E-state index contributed by atoms with van der Waals surface area (Å²) in [6.45, 7) is 2.27. The number of nitrogens with zero attached hydrogens (tertiary/aromatic N) is 3. The maximum absolute atomic E-state index is 15.2. The molecule has 2 fully saturated rings. The van der Waals surface area contributed by atoms with Crippen molar-refractivity contribution in [1.29, 1.82) is 0 Å². The van der Waals surface area contributed by atoms with E-state index in [1.54, 1.807) is 4.90 Å².